The lowest BCUT2D eigenvalue weighted by Crippen LogP contribution is -2.30. The van der Waals surface area contributed by atoms with Gasteiger partial charge < -0.3 is 25.8 Å². The third-order valence-corrected chi connectivity index (χ3v) is 8.41. The van der Waals surface area contributed by atoms with Gasteiger partial charge in [-0.15, -0.1) is 16.4 Å². The Bertz CT molecular complexity index is 1730. The molecule has 0 spiro atoms. The summed E-state index contributed by atoms with van der Waals surface area (Å²) in [5.41, 5.74) is 24.2. The summed E-state index contributed by atoms with van der Waals surface area (Å²) in [5, 5.41) is 12.0. The normalized spacial score (nSPS) is 15.1. The molecular weight excluding hydrogens is 550 g/mol. The van der Waals surface area contributed by atoms with Crippen molar-refractivity contribution in [2.45, 2.75) is 50.6 Å². The van der Waals surface area contributed by atoms with E-state index in [1.807, 2.05) is 53.9 Å². The van der Waals surface area contributed by atoms with Crippen molar-refractivity contribution in [2.75, 3.05) is 5.73 Å². The van der Waals surface area contributed by atoms with Crippen LogP contribution in [-0.4, -0.2) is 26.3 Å². The molecule has 1 atom stereocenters. The highest BCUT2D eigenvalue weighted by molar-refractivity contribution is 7.13. The van der Waals surface area contributed by atoms with Crippen LogP contribution >= 0.6 is 11.3 Å². The molecule has 0 bridgehead atoms. The van der Waals surface area contributed by atoms with Gasteiger partial charge in [-0.1, -0.05) is 48.8 Å². The predicted octanol–water partition coefficient (Wildman–Crippen LogP) is 6.21. The van der Waals surface area contributed by atoms with Crippen molar-refractivity contribution in [1.82, 2.24) is 19.9 Å². The first-order valence-corrected chi connectivity index (χ1v) is 14.7. The summed E-state index contributed by atoms with van der Waals surface area (Å²) in [5.74, 6) is 0.797. The molecule has 1 amide bonds. The number of carbonyl (C=O) groups is 1. The van der Waals surface area contributed by atoms with Crippen LogP contribution < -0.4 is 16.8 Å². The molecule has 1 saturated carbocycles. The average molecular weight is 582 g/mol. The molecule has 6 rings (SSSR count). The molecule has 1 fully saturated rings. The highest BCUT2D eigenvalue weighted by Gasteiger charge is 2.24. The minimum Gasteiger partial charge on any atom is -0.472 e. The van der Waals surface area contributed by atoms with Crippen molar-refractivity contribution < 1.29 is 9.21 Å². The number of furan rings is 1. The number of anilines is 1. The molecule has 3 heterocycles. The molecule has 1 aliphatic carbocycles. The van der Waals surface area contributed by atoms with Crippen molar-refractivity contribution in [3.8, 4) is 11.4 Å². The molecule has 5 aromatic rings. The standard InChI is InChI=1S/C30H31N9O2S/c31-27(37-38-33)19-8-6-18(7-9-19)14-23(25-17-42-30(32)36-25)35-29(40)20-10-11-26-24(15-20)34-28(21-12-13-41-16-21)39(26)22-4-2-1-3-5-22/h6-13,15-17,22-23H,1-5,14H2,(H2,32,36)(H,35,40)(H3,31,33,37)/t23-/m0/s1. The average Bonchev–Trinajstić information content (AvgIpc) is 3.77. The van der Waals surface area contributed by atoms with Crippen LogP contribution in [0.1, 0.15) is 71.4 Å². The van der Waals surface area contributed by atoms with E-state index in [9.17, 15) is 4.79 Å². The number of imidazole rings is 1. The largest absolute Gasteiger partial charge is 0.472 e. The number of rotatable bonds is 9. The number of benzene rings is 2. The second kappa shape index (κ2) is 12.0. The molecule has 12 heteroatoms. The van der Waals surface area contributed by atoms with E-state index in [1.165, 1.54) is 30.6 Å². The fourth-order valence-corrected chi connectivity index (χ4v) is 6.25. The molecule has 0 saturated heterocycles. The Kier molecular flexibility index (Phi) is 7.78. The number of aromatic nitrogens is 3. The van der Waals surface area contributed by atoms with Gasteiger partial charge in [0.25, 0.3) is 5.91 Å². The third kappa shape index (κ3) is 5.66. The van der Waals surface area contributed by atoms with Crippen molar-refractivity contribution in [3.05, 3.63) is 88.8 Å². The van der Waals surface area contributed by atoms with Gasteiger partial charge in [0.15, 0.2) is 11.0 Å². The Morgan fingerprint density at radius 3 is 2.60 bits per heavy atom. The molecule has 2 aromatic carbocycles. The van der Waals surface area contributed by atoms with Crippen LogP contribution in [0.25, 0.3) is 22.4 Å². The van der Waals surface area contributed by atoms with Gasteiger partial charge >= 0.3 is 0 Å². The number of nitrogen functional groups attached to an aromatic ring is 1. The summed E-state index contributed by atoms with van der Waals surface area (Å²) in [6, 6.07) is 15.0. The van der Waals surface area contributed by atoms with E-state index in [2.05, 4.69) is 25.2 Å². The summed E-state index contributed by atoms with van der Waals surface area (Å²) in [4.78, 5) is 23.1. The van der Waals surface area contributed by atoms with E-state index in [4.69, 9.17) is 26.4 Å². The van der Waals surface area contributed by atoms with Crippen LogP contribution in [0.4, 0.5) is 5.13 Å². The Hall–Kier alpha value is -4.84. The molecule has 6 N–H and O–H groups in total. The monoisotopic (exact) mass is 581 g/mol. The number of hydrogen-bond donors (Lipinski definition) is 4. The maximum absolute atomic E-state index is 13.6. The molecule has 42 heavy (non-hydrogen) atoms. The number of hydrogen-bond acceptors (Lipinski definition) is 8. The molecule has 1 aliphatic rings. The highest BCUT2D eigenvalue weighted by atomic mass is 32.1. The predicted molar refractivity (Wildman–Crippen MR) is 162 cm³/mol. The SMILES string of the molecule is N=N/N=C(\N)c1ccc(C[C@H](NC(=O)c2ccc3c(c2)nc(-c2ccoc2)n3C2CCCCC2)c2csc(N)n2)cc1. The van der Waals surface area contributed by atoms with E-state index in [0.717, 1.165) is 40.8 Å². The number of nitrogens with one attached hydrogen (secondary N) is 2. The van der Waals surface area contributed by atoms with E-state index in [-0.39, 0.29) is 11.7 Å². The van der Waals surface area contributed by atoms with Crippen LogP contribution in [0.15, 0.2) is 81.2 Å². The van der Waals surface area contributed by atoms with Gasteiger partial charge in [-0.2, -0.15) is 5.53 Å². The van der Waals surface area contributed by atoms with Crippen molar-refractivity contribution in [2.24, 2.45) is 16.1 Å². The van der Waals surface area contributed by atoms with Crippen molar-refractivity contribution in [3.63, 3.8) is 0 Å². The maximum atomic E-state index is 13.6. The van der Waals surface area contributed by atoms with Gasteiger partial charge in [-0.05, 0) is 49.1 Å². The lowest BCUT2D eigenvalue weighted by Gasteiger charge is -2.25. The summed E-state index contributed by atoms with van der Waals surface area (Å²) < 4.78 is 7.70. The van der Waals surface area contributed by atoms with Gasteiger partial charge in [0, 0.05) is 22.5 Å². The number of nitrogens with two attached hydrogens (primary N) is 2. The van der Waals surface area contributed by atoms with Crippen LogP contribution in [0.2, 0.25) is 0 Å². The van der Waals surface area contributed by atoms with Gasteiger partial charge in [-0.25, -0.2) is 9.97 Å². The Morgan fingerprint density at radius 1 is 1.12 bits per heavy atom. The summed E-state index contributed by atoms with van der Waals surface area (Å²) in [6.07, 6.45) is 9.73. The molecule has 11 nitrogen and oxygen atoms in total. The van der Waals surface area contributed by atoms with E-state index in [0.29, 0.717) is 34.4 Å². The fourth-order valence-electron chi connectivity index (χ4n) is 5.63. The second-order valence-corrected chi connectivity index (χ2v) is 11.3. The van der Waals surface area contributed by atoms with E-state index in [1.54, 1.807) is 12.5 Å². The van der Waals surface area contributed by atoms with Gasteiger partial charge in [0.05, 0.1) is 34.6 Å². The van der Waals surface area contributed by atoms with Crippen LogP contribution in [0, 0.1) is 5.53 Å². The number of nitrogens with zero attached hydrogens (tertiary/aromatic N) is 5. The van der Waals surface area contributed by atoms with Gasteiger partial charge in [-0.3, -0.25) is 4.79 Å². The van der Waals surface area contributed by atoms with Crippen LogP contribution in [0.3, 0.4) is 0 Å². The minimum absolute atomic E-state index is 0.158. The lowest BCUT2D eigenvalue weighted by atomic mass is 9.95. The zero-order valence-electron chi connectivity index (χ0n) is 22.9. The van der Waals surface area contributed by atoms with Crippen molar-refractivity contribution in [1.29, 1.82) is 5.53 Å². The molecule has 214 valence electrons. The number of carbonyl (C=O) groups excluding carboxylic acids is 1. The Labute approximate surface area is 246 Å². The molecule has 3 aromatic heterocycles. The van der Waals surface area contributed by atoms with E-state index >= 15 is 0 Å². The number of amides is 1. The molecule has 0 aliphatic heterocycles. The minimum atomic E-state index is -0.414. The quantitative estimate of drug-likeness (QED) is 0.0697. The molecular formula is C30H31N9O2S. The van der Waals surface area contributed by atoms with E-state index < -0.39 is 6.04 Å². The molecule has 0 radical (unpaired) electrons. The zero-order valence-corrected chi connectivity index (χ0v) is 23.7. The van der Waals surface area contributed by atoms with Crippen LogP contribution in [-0.2, 0) is 6.42 Å². The third-order valence-electron chi connectivity index (χ3n) is 7.72. The van der Waals surface area contributed by atoms with Crippen molar-refractivity contribution >= 4 is 39.2 Å². The number of thiazole rings is 1. The second-order valence-electron chi connectivity index (χ2n) is 10.4. The first-order chi connectivity index (χ1) is 20.5. The first-order valence-electron chi connectivity index (χ1n) is 13.9. The van der Waals surface area contributed by atoms with Gasteiger partial charge in [0.1, 0.15) is 12.1 Å². The number of fused-ring (bicyclic) bond motifs is 1. The lowest BCUT2D eigenvalue weighted by molar-refractivity contribution is 0.0936. The zero-order chi connectivity index (χ0) is 29.1. The smallest absolute Gasteiger partial charge is 0.251 e. The fraction of sp³-hybridized carbons (Fsp3) is 0.267. The molecule has 0 unspecified atom stereocenters. The summed E-state index contributed by atoms with van der Waals surface area (Å²) in [7, 11) is 0. The highest BCUT2D eigenvalue weighted by Crippen LogP contribution is 2.36. The summed E-state index contributed by atoms with van der Waals surface area (Å²) >= 11 is 1.33. The van der Waals surface area contributed by atoms with Gasteiger partial charge in [0.2, 0.25) is 0 Å². The number of amidine groups is 1. The topological polar surface area (TPSA) is 174 Å². The Morgan fingerprint density at radius 2 is 1.90 bits per heavy atom. The Balaban J connectivity index is 1.28. The first kappa shape index (κ1) is 27.3. The van der Waals surface area contributed by atoms with Crippen LogP contribution in [0.5, 0.6) is 0 Å². The maximum Gasteiger partial charge on any atom is 0.251 e. The summed E-state index contributed by atoms with van der Waals surface area (Å²) in [6.45, 7) is 0.